The lowest BCUT2D eigenvalue weighted by Gasteiger charge is -2.22. The first kappa shape index (κ1) is 15.6. The number of amides is 1. The standard InChI is InChI=1S/C19H19NO2S/c21-19(11-10-18-9-5-13-23-18)20(15-17-8-4-12-22-17)14-16-6-2-1-3-7-16/h1-9,12-13H,10-11,14-15H2. The van der Waals surface area contributed by atoms with Gasteiger partial charge in [-0.1, -0.05) is 36.4 Å². The van der Waals surface area contributed by atoms with Gasteiger partial charge in [-0.3, -0.25) is 4.79 Å². The zero-order valence-corrected chi connectivity index (χ0v) is 13.7. The average Bonchev–Trinajstić information content (AvgIpc) is 3.26. The van der Waals surface area contributed by atoms with Crippen molar-refractivity contribution in [1.82, 2.24) is 4.90 Å². The normalized spacial score (nSPS) is 10.6. The van der Waals surface area contributed by atoms with Crippen molar-refractivity contribution in [3.05, 3.63) is 82.4 Å². The molecule has 118 valence electrons. The second kappa shape index (κ2) is 7.79. The van der Waals surface area contributed by atoms with Gasteiger partial charge in [-0.05, 0) is 35.6 Å². The van der Waals surface area contributed by atoms with E-state index in [0.717, 1.165) is 17.7 Å². The Kier molecular flexibility index (Phi) is 5.27. The molecule has 3 nitrogen and oxygen atoms in total. The molecule has 0 atom stereocenters. The molecule has 3 aromatic rings. The number of carbonyl (C=O) groups excluding carboxylic acids is 1. The molecule has 4 heteroatoms. The fraction of sp³-hybridized carbons (Fsp3) is 0.211. The maximum Gasteiger partial charge on any atom is 0.223 e. The van der Waals surface area contributed by atoms with Crippen LogP contribution in [0.2, 0.25) is 0 Å². The van der Waals surface area contributed by atoms with Crippen molar-refractivity contribution in [1.29, 1.82) is 0 Å². The Morgan fingerprint density at radius 2 is 1.87 bits per heavy atom. The summed E-state index contributed by atoms with van der Waals surface area (Å²) in [7, 11) is 0. The molecule has 2 aromatic heterocycles. The van der Waals surface area contributed by atoms with Crippen LogP contribution in [-0.4, -0.2) is 10.8 Å². The fourth-order valence-corrected chi connectivity index (χ4v) is 3.18. The van der Waals surface area contributed by atoms with E-state index >= 15 is 0 Å². The summed E-state index contributed by atoms with van der Waals surface area (Å²) in [5.74, 6) is 0.962. The first-order valence-electron chi connectivity index (χ1n) is 7.68. The van der Waals surface area contributed by atoms with Crippen LogP contribution in [0.25, 0.3) is 0 Å². The Morgan fingerprint density at radius 1 is 1.00 bits per heavy atom. The predicted octanol–water partition coefficient (Wildman–Crippen LogP) is 4.50. The van der Waals surface area contributed by atoms with Crippen LogP contribution in [0.4, 0.5) is 0 Å². The maximum absolute atomic E-state index is 12.7. The van der Waals surface area contributed by atoms with Gasteiger partial charge in [0.2, 0.25) is 5.91 Å². The summed E-state index contributed by atoms with van der Waals surface area (Å²) in [6.07, 6.45) is 2.96. The number of furan rings is 1. The van der Waals surface area contributed by atoms with Crippen molar-refractivity contribution < 1.29 is 9.21 Å². The number of nitrogens with zero attached hydrogens (tertiary/aromatic N) is 1. The van der Waals surface area contributed by atoms with Crippen LogP contribution < -0.4 is 0 Å². The number of hydrogen-bond acceptors (Lipinski definition) is 3. The minimum Gasteiger partial charge on any atom is -0.467 e. The van der Waals surface area contributed by atoms with E-state index in [0.29, 0.717) is 19.5 Å². The van der Waals surface area contributed by atoms with Gasteiger partial charge in [-0.25, -0.2) is 0 Å². The van der Waals surface area contributed by atoms with Gasteiger partial charge in [0.1, 0.15) is 5.76 Å². The molecule has 0 aliphatic rings. The number of benzene rings is 1. The Morgan fingerprint density at radius 3 is 2.57 bits per heavy atom. The molecule has 0 aliphatic carbocycles. The molecule has 0 fully saturated rings. The Bertz CT molecular complexity index is 705. The SMILES string of the molecule is O=C(CCc1cccs1)N(Cc1ccccc1)Cc1ccco1. The first-order chi connectivity index (χ1) is 11.3. The van der Waals surface area contributed by atoms with Gasteiger partial charge in [0.25, 0.3) is 0 Å². The van der Waals surface area contributed by atoms with Gasteiger partial charge in [0.05, 0.1) is 12.8 Å². The molecule has 3 rings (SSSR count). The Hall–Kier alpha value is -2.33. The van der Waals surface area contributed by atoms with Crippen LogP contribution >= 0.6 is 11.3 Å². The molecule has 0 saturated carbocycles. The average molecular weight is 325 g/mol. The van der Waals surface area contributed by atoms with E-state index in [4.69, 9.17) is 4.42 Å². The van der Waals surface area contributed by atoms with Gasteiger partial charge in [-0.15, -0.1) is 11.3 Å². The van der Waals surface area contributed by atoms with E-state index in [-0.39, 0.29) is 5.91 Å². The molecule has 0 N–H and O–H groups in total. The largest absolute Gasteiger partial charge is 0.467 e. The highest BCUT2D eigenvalue weighted by Gasteiger charge is 2.16. The van der Waals surface area contributed by atoms with Gasteiger partial charge < -0.3 is 9.32 Å². The zero-order valence-electron chi connectivity index (χ0n) is 12.9. The lowest BCUT2D eigenvalue weighted by atomic mass is 10.2. The number of hydrogen-bond donors (Lipinski definition) is 0. The molecular weight excluding hydrogens is 306 g/mol. The molecule has 0 aliphatic heterocycles. The topological polar surface area (TPSA) is 33.5 Å². The van der Waals surface area contributed by atoms with Crippen LogP contribution in [0.5, 0.6) is 0 Å². The molecule has 0 saturated heterocycles. The molecule has 2 heterocycles. The Labute approximate surface area is 140 Å². The van der Waals surface area contributed by atoms with Gasteiger partial charge in [0.15, 0.2) is 0 Å². The lowest BCUT2D eigenvalue weighted by molar-refractivity contribution is -0.132. The van der Waals surface area contributed by atoms with Gasteiger partial charge in [0, 0.05) is 17.8 Å². The fourth-order valence-electron chi connectivity index (χ4n) is 2.47. The van der Waals surface area contributed by atoms with Crippen LogP contribution in [0.1, 0.15) is 22.6 Å². The first-order valence-corrected chi connectivity index (χ1v) is 8.56. The molecule has 1 amide bonds. The third kappa shape index (κ3) is 4.57. The third-order valence-corrected chi connectivity index (χ3v) is 4.60. The summed E-state index contributed by atoms with van der Waals surface area (Å²) >= 11 is 1.70. The van der Waals surface area contributed by atoms with Crippen molar-refractivity contribution >= 4 is 17.2 Å². The van der Waals surface area contributed by atoms with E-state index in [9.17, 15) is 4.79 Å². The van der Waals surface area contributed by atoms with Crippen molar-refractivity contribution in [2.45, 2.75) is 25.9 Å². The van der Waals surface area contributed by atoms with E-state index in [2.05, 4.69) is 6.07 Å². The summed E-state index contributed by atoms with van der Waals surface area (Å²) in [6, 6.07) is 17.9. The van der Waals surface area contributed by atoms with Crippen molar-refractivity contribution in [3.8, 4) is 0 Å². The monoisotopic (exact) mass is 325 g/mol. The van der Waals surface area contributed by atoms with Crippen molar-refractivity contribution in [2.75, 3.05) is 0 Å². The zero-order chi connectivity index (χ0) is 15.9. The molecule has 0 radical (unpaired) electrons. The number of thiophene rings is 1. The van der Waals surface area contributed by atoms with Crippen LogP contribution in [-0.2, 0) is 24.3 Å². The summed E-state index contributed by atoms with van der Waals surface area (Å²) in [6.45, 7) is 1.11. The molecule has 0 unspecified atom stereocenters. The smallest absolute Gasteiger partial charge is 0.223 e. The molecule has 0 bridgehead atoms. The molecule has 23 heavy (non-hydrogen) atoms. The van der Waals surface area contributed by atoms with Crippen LogP contribution in [0.15, 0.2) is 70.7 Å². The third-order valence-electron chi connectivity index (χ3n) is 3.66. The van der Waals surface area contributed by atoms with Gasteiger partial charge >= 0.3 is 0 Å². The molecular formula is C19H19NO2S. The van der Waals surface area contributed by atoms with Gasteiger partial charge in [-0.2, -0.15) is 0 Å². The number of aryl methyl sites for hydroxylation is 1. The summed E-state index contributed by atoms with van der Waals surface area (Å²) < 4.78 is 5.41. The second-order valence-corrected chi connectivity index (χ2v) is 6.43. The summed E-state index contributed by atoms with van der Waals surface area (Å²) in [5.41, 5.74) is 1.13. The van der Waals surface area contributed by atoms with Crippen molar-refractivity contribution in [2.24, 2.45) is 0 Å². The minimum atomic E-state index is 0.152. The Balaban J connectivity index is 1.67. The van der Waals surface area contributed by atoms with Crippen LogP contribution in [0.3, 0.4) is 0 Å². The maximum atomic E-state index is 12.7. The lowest BCUT2D eigenvalue weighted by Crippen LogP contribution is -2.30. The molecule has 1 aromatic carbocycles. The number of rotatable bonds is 7. The second-order valence-electron chi connectivity index (χ2n) is 5.39. The quantitative estimate of drug-likeness (QED) is 0.641. The summed E-state index contributed by atoms with van der Waals surface area (Å²) in [4.78, 5) is 15.8. The highest BCUT2D eigenvalue weighted by atomic mass is 32.1. The highest BCUT2D eigenvalue weighted by Crippen LogP contribution is 2.15. The van der Waals surface area contributed by atoms with E-state index in [1.807, 2.05) is 58.8 Å². The van der Waals surface area contributed by atoms with E-state index in [1.54, 1.807) is 17.6 Å². The predicted molar refractivity (Wildman–Crippen MR) is 92.0 cm³/mol. The van der Waals surface area contributed by atoms with Crippen molar-refractivity contribution in [3.63, 3.8) is 0 Å². The van der Waals surface area contributed by atoms with E-state index < -0.39 is 0 Å². The van der Waals surface area contributed by atoms with Crippen LogP contribution in [0, 0.1) is 0 Å². The van der Waals surface area contributed by atoms with E-state index in [1.165, 1.54) is 4.88 Å². The highest BCUT2D eigenvalue weighted by molar-refractivity contribution is 7.09. The summed E-state index contributed by atoms with van der Waals surface area (Å²) in [5, 5.41) is 2.05. The minimum absolute atomic E-state index is 0.152. The molecule has 0 spiro atoms. The number of carbonyl (C=O) groups is 1.